The summed E-state index contributed by atoms with van der Waals surface area (Å²) in [4.78, 5) is 0. The van der Waals surface area contributed by atoms with E-state index >= 15 is 0 Å². The molecule has 9 heteroatoms. The first-order valence-corrected chi connectivity index (χ1v) is 26.8. The standard InChI is InChI=1S/C63H60O7P2/c1-37-31-46(58(49(33-37)61(3,4)5)69-72-67-53-29-26-40-20-14-17-23-44(40)56(53)47-32-38(2)34-50(59(47)70-72)62(6,7)8)55-43-22-16-13-19-39(43)25-28-52(55)65-71-66-54-30-27-41-21-15-18-24-45(41)57(54)48-35-42(64-12)36-51(60(48)68-71)63(9,10)11/h13-36H,1-12H3. The third-order valence-electron chi connectivity index (χ3n) is 13.7. The van der Waals surface area contributed by atoms with Gasteiger partial charge in [0.2, 0.25) is 0 Å². The van der Waals surface area contributed by atoms with Crippen LogP contribution >= 0.6 is 16.5 Å². The molecule has 0 saturated heterocycles. The highest BCUT2D eigenvalue weighted by Gasteiger charge is 2.30. The van der Waals surface area contributed by atoms with Crippen molar-refractivity contribution in [2.75, 3.05) is 7.11 Å². The average Bonchev–Trinajstić information content (AvgIpc) is 3.60. The second kappa shape index (κ2) is 17.6. The Morgan fingerprint density at radius 3 is 1.43 bits per heavy atom. The quantitative estimate of drug-likeness (QED) is 0.164. The molecule has 0 spiro atoms. The minimum Gasteiger partial charge on any atom is -0.497 e. The zero-order valence-electron chi connectivity index (χ0n) is 43.1. The summed E-state index contributed by atoms with van der Waals surface area (Å²) in [5, 5.41) is 10.1. The Hall–Kier alpha value is -7.04. The van der Waals surface area contributed by atoms with Crippen LogP contribution in [0.5, 0.6) is 17.2 Å². The summed E-state index contributed by atoms with van der Waals surface area (Å²) in [6.07, 6.45) is 0. The number of hydrogen-bond donors (Lipinski definition) is 0. The average molecular weight is 991 g/mol. The molecule has 11 rings (SSSR count). The van der Waals surface area contributed by atoms with Crippen LogP contribution in [-0.2, 0) is 16.2 Å². The van der Waals surface area contributed by atoms with Crippen molar-refractivity contribution in [2.24, 2.45) is 0 Å². The van der Waals surface area contributed by atoms with Gasteiger partial charge in [-0.3, -0.25) is 0 Å². The minimum absolute atomic E-state index is 0.259. The molecular formula is C63H60O7P2. The molecule has 72 heavy (non-hydrogen) atoms. The lowest BCUT2D eigenvalue weighted by Gasteiger charge is -2.26. The van der Waals surface area contributed by atoms with Crippen LogP contribution in [0, 0.1) is 13.8 Å². The highest BCUT2D eigenvalue weighted by Crippen LogP contribution is 2.53. The fraction of sp³-hybridized carbons (Fsp3) is 0.238. The second-order valence-corrected chi connectivity index (χ2v) is 24.1. The molecule has 2 unspecified atom stereocenters. The fourth-order valence-corrected chi connectivity index (χ4v) is 12.4. The molecule has 7 nitrogen and oxygen atoms in total. The van der Waals surface area contributed by atoms with Crippen molar-refractivity contribution >= 4 is 92.7 Å². The first-order chi connectivity index (χ1) is 34.3. The lowest BCUT2D eigenvalue weighted by Crippen LogP contribution is -2.13. The van der Waals surface area contributed by atoms with E-state index < -0.39 is 16.5 Å². The van der Waals surface area contributed by atoms with E-state index in [4.69, 9.17) is 30.6 Å². The topological polar surface area (TPSA) is 80.2 Å². The van der Waals surface area contributed by atoms with Gasteiger partial charge in [-0.05, 0) is 116 Å². The van der Waals surface area contributed by atoms with Crippen LogP contribution in [-0.4, -0.2) is 7.11 Å². The zero-order valence-corrected chi connectivity index (χ0v) is 44.9. The van der Waals surface area contributed by atoms with Crippen molar-refractivity contribution in [1.82, 2.24) is 0 Å². The van der Waals surface area contributed by atoms with Crippen molar-refractivity contribution in [3.8, 4) is 28.4 Å². The fourth-order valence-electron chi connectivity index (χ4n) is 10.2. The summed E-state index contributed by atoms with van der Waals surface area (Å²) < 4.78 is 49.2. The van der Waals surface area contributed by atoms with Gasteiger partial charge in [-0.25, -0.2) is 0 Å². The molecule has 0 amide bonds. The van der Waals surface area contributed by atoms with Gasteiger partial charge in [-0.15, -0.1) is 0 Å². The van der Waals surface area contributed by atoms with Gasteiger partial charge in [-0.2, -0.15) is 0 Å². The largest absolute Gasteiger partial charge is 0.497 e. The number of fused-ring (bicyclic) bond motifs is 11. The second-order valence-electron chi connectivity index (χ2n) is 22.2. The zero-order chi connectivity index (χ0) is 50.4. The molecule has 0 aliphatic carbocycles. The highest BCUT2D eigenvalue weighted by molar-refractivity contribution is 7.32. The monoisotopic (exact) mass is 990 g/mol. The van der Waals surface area contributed by atoms with Crippen LogP contribution in [0.25, 0.3) is 87.3 Å². The highest BCUT2D eigenvalue weighted by atomic mass is 31.1. The molecule has 0 N–H and O–H groups in total. The van der Waals surface area contributed by atoms with Gasteiger partial charge in [0.05, 0.1) is 7.11 Å². The van der Waals surface area contributed by atoms with Crippen LogP contribution in [0.3, 0.4) is 0 Å². The van der Waals surface area contributed by atoms with Gasteiger partial charge < -0.3 is 30.6 Å². The molecule has 0 radical (unpaired) electrons. The van der Waals surface area contributed by atoms with Gasteiger partial charge >= 0.3 is 16.5 Å². The minimum atomic E-state index is -2.13. The van der Waals surface area contributed by atoms with Crippen LogP contribution in [0.1, 0.15) is 90.1 Å². The Morgan fingerprint density at radius 1 is 0.417 bits per heavy atom. The molecule has 0 bridgehead atoms. The van der Waals surface area contributed by atoms with E-state index in [-0.39, 0.29) is 16.2 Å². The van der Waals surface area contributed by atoms with E-state index in [1.807, 2.05) is 18.2 Å². The molecule has 2 atom stereocenters. The molecule has 2 aromatic heterocycles. The van der Waals surface area contributed by atoms with Crippen LogP contribution in [0.15, 0.2) is 162 Å². The molecule has 0 saturated carbocycles. The first-order valence-electron chi connectivity index (χ1n) is 24.6. The Morgan fingerprint density at radius 2 is 0.875 bits per heavy atom. The number of ether oxygens (including phenoxy) is 1. The number of hydrogen-bond acceptors (Lipinski definition) is 7. The third-order valence-corrected chi connectivity index (χ3v) is 15.7. The van der Waals surface area contributed by atoms with E-state index in [2.05, 4.69) is 204 Å². The number of rotatable bonds is 6. The van der Waals surface area contributed by atoms with Crippen molar-refractivity contribution in [1.29, 1.82) is 0 Å². The number of aryl methyl sites for hydroxylation is 2. The van der Waals surface area contributed by atoms with Crippen molar-refractivity contribution < 1.29 is 30.6 Å². The van der Waals surface area contributed by atoms with Crippen LogP contribution < -0.4 is 13.8 Å². The SMILES string of the molecule is COc1cc(C(C)(C)C)c2op(Oc3ccc4ccccc4c3-c3cc(C)cc(C(C)(C)C)c3Op3oc4ccc5ccccc5c4c4cc(C)cc(C(C)(C)C)c4o3)oc3ccc4ccccc4c3c2c1. The van der Waals surface area contributed by atoms with Crippen LogP contribution in [0.4, 0.5) is 0 Å². The molecular weight excluding hydrogens is 931 g/mol. The van der Waals surface area contributed by atoms with Gasteiger partial charge in [0.15, 0.2) is 0 Å². The number of methoxy groups -OCH3 is 1. The van der Waals surface area contributed by atoms with E-state index in [1.165, 1.54) is 0 Å². The first kappa shape index (κ1) is 47.3. The van der Waals surface area contributed by atoms with E-state index in [9.17, 15) is 0 Å². The van der Waals surface area contributed by atoms with Gasteiger partial charge in [-0.1, -0.05) is 165 Å². The third kappa shape index (κ3) is 8.47. The van der Waals surface area contributed by atoms with E-state index in [0.717, 1.165) is 104 Å². The molecule has 0 fully saturated rings. The summed E-state index contributed by atoms with van der Waals surface area (Å²) in [6, 6.07) is 50.6. The molecule has 0 aliphatic heterocycles. The Labute approximate surface area is 422 Å². The molecule has 11 aromatic rings. The summed E-state index contributed by atoms with van der Waals surface area (Å²) >= 11 is 0. The molecule has 9 aromatic carbocycles. The molecule has 2 heterocycles. The van der Waals surface area contributed by atoms with Gasteiger partial charge in [0.25, 0.3) is 0 Å². The summed E-state index contributed by atoms with van der Waals surface area (Å²) in [5.41, 5.74) is 8.81. The van der Waals surface area contributed by atoms with E-state index in [1.54, 1.807) is 7.11 Å². The number of benzene rings is 9. The predicted molar refractivity (Wildman–Crippen MR) is 301 cm³/mol. The van der Waals surface area contributed by atoms with Crippen molar-refractivity contribution in [3.05, 3.63) is 173 Å². The lowest BCUT2D eigenvalue weighted by molar-refractivity contribution is 0.413. The van der Waals surface area contributed by atoms with Gasteiger partial charge in [0, 0.05) is 49.4 Å². The van der Waals surface area contributed by atoms with E-state index in [0.29, 0.717) is 28.2 Å². The maximum Gasteiger partial charge on any atom is 0.453 e. The predicted octanol–water partition coefficient (Wildman–Crippen LogP) is 20.2. The smallest absolute Gasteiger partial charge is 0.453 e. The Kier molecular flexibility index (Phi) is 11.6. The Bertz CT molecular complexity index is 4070. The Balaban J connectivity index is 1.21. The summed E-state index contributed by atoms with van der Waals surface area (Å²) in [5.74, 6) is 1.96. The maximum absolute atomic E-state index is 7.48. The lowest BCUT2D eigenvalue weighted by atomic mass is 9.82. The summed E-state index contributed by atoms with van der Waals surface area (Å²) in [7, 11) is -2.54. The summed E-state index contributed by atoms with van der Waals surface area (Å²) in [6.45, 7) is 24.2. The van der Waals surface area contributed by atoms with Crippen molar-refractivity contribution in [3.63, 3.8) is 0 Å². The molecule has 364 valence electrons. The molecule has 0 aliphatic rings. The van der Waals surface area contributed by atoms with Crippen LogP contribution in [0.2, 0.25) is 0 Å². The van der Waals surface area contributed by atoms with Crippen molar-refractivity contribution in [2.45, 2.75) is 92.4 Å². The van der Waals surface area contributed by atoms with Gasteiger partial charge in [0.1, 0.15) is 39.6 Å². The normalized spacial score (nSPS) is 12.9. The maximum atomic E-state index is 7.48.